The molecule has 0 N–H and O–H groups in total. The van der Waals surface area contributed by atoms with E-state index in [0.717, 1.165) is 17.8 Å². The van der Waals surface area contributed by atoms with Crippen LogP contribution in [0.5, 0.6) is 0 Å². The van der Waals surface area contributed by atoms with Crippen LogP contribution in [0.25, 0.3) is 0 Å². The third-order valence-electron chi connectivity index (χ3n) is 4.98. The van der Waals surface area contributed by atoms with Gasteiger partial charge in [-0.2, -0.15) is 0 Å². The molecule has 0 spiro atoms. The molecule has 1 heteroatoms. The number of rotatable bonds is 1. The van der Waals surface area contributed by atoms with Crippen molar-refractivity contribution in [3.05, 3.63) is 0 Å². The summed E-state index contributed by atoms with van der Waals surface area (Å²) >= 11 is 0. The fourth-order valence-electron chi connectivity index (χ4n) is 4.69. The monoisotopic (exact) mass is 192 g/mol. The zero-order valence-electron chi connectivity index (χ0n) is 9.20. The van der Waals surface area contributed by atoms with E-state index in [9.17, 15) is 4.79 Å². The van der Waals surface area contributed by atoms with Crippen molar-refractivity contribution >= 4 is 5.78 Å². The highest BCUT2D eigenvalue weighted by molar-refractivity contribution is 5.85. The minimum atomic E-state index is 0.464. The molecule has 0 saturated heterocycles. The zero-order valence-corrected chi connectivity index (χ0v) is 9.20. The van der Waals surface area contributed by atoms with Crippen LogP contribution < -0.4 is 0 Å². The predicted octanol–water partition coefficient (Wildman–Crippen LogP) is 2.89. The highest BCUT2D eigenvalue weighted by atomic mass is 16.1. The number of hydrogen-bond acceptors (Lipinski definition) is 1. The van der Waals surface area contributed by atoms with Crippen LogP contribution in [0.15, 0.2) is 0 Å². The summed E-state index contributed by atoms with van der Waals surface area (Å²) in [5, 5.41) is 0. The van der Waals surface area contributed by atoms with E-state index >= 15 is 0 Å². The van der Waals surface area contributed by atoms with Crippen LogP contribution in [0.2, 0.25) is 0 Å². The van der Waals surface area contributed by atoms with Gasteiger partial charge in [0.25, 0.3) is 0 Å². The van der Waals surface area contributed by atoms with Gasteiger partial charge in [0, 0.05) is 11.8 Å². The first-order valence-electron chi connectivity index (χ1n) is 6.20. The lowest BCUT2D eigenvalue weighted by Gasteiger charge is -2.54. The van der Waals surface area contributed by atoms with Gasteiger partial charge in [-0.15, -0.1) is 0 Å². The van der Waals surface area contributed by atoms with Crippen molar-refractivity contribution in [1.29, 1.82) is 0 Å². The molecule has 0 aliphatic heterocycles. The molecule has 4 unspecified atom stereocenters. The zero-order chi connectivity index (χ0) is 9.87. The third-order valence-corrected chi connectivity index (χ3v) is 4.98. The van der Waals surface area contributed by atoms with E-state index in [0.29, 0.717) is 23.5 Å². The Balaban J connectivity index is 1.93. The fraction of sp³-hybridized carbons (Fsp3) is 0.923. The standard InChI is InChI=1S/C13H20O/c1-7(2)12-9-3-8-4-10(6-9)13(14)11(12)5-8/h7-12H,3-6H2,1-2H3/t8?,9?,10?,11?,12-/m1/s1. The van der Waals surface area contributed by atoms with Crippen molar-refractivity contribution in [3.63, 3.8) is 0 Å². The Bertz CT molecular complexity index is 268. The number of Topliss-reactive ketones (excluding diaryl/α,β-unsaturated/α-hetero) is 1. The van der Waals surface area contributed by atoms with Gasteiger partial charge in [-0.1, -0.05) is 13.8 Å². The highest BCUT2D eigenvalue weighted by Crippen LogP contribution is 2.56. The molecule has 0 radical (unpaired) electrons. The van der Waals surface area contributed by atoms with E-state index in [-0.39, 0.29) is 0 Å². The van der Waals surface area contributed by atoms with Crippen LogP contribution in [-0.2, 0) is 4.79 Å². The van der Waals surface area contributed by atoms with Gasteiger partial charge in [0.15, 0.2) is 0 Å². The van der Waals surface area contributed by atoms with E-state index in [1.807, 2.05) is 0 Å². The van der Waals surface area contributed by atoms with Gasteiger partial charge in [0.1, 0.15) is 5.78 Å². The summed E-state index contributed by atoms with van der Waals surface area (Å²) in [5.74, 6) is 4.84. The van der Waals surface area contributed by atoms with Crippen molar-refractivity contribution in [2.24, 2.45) is 35.5 Å². The Labute approximate surface area is 86.3 Å². The SMILES string of the molecule is CC(C)[C@@H]1C2CC3CC(C2)C(=O)C1C3. The second-order valence-electron chi connectivity index (χ2n) is 6.10. The van der Waals surface area contributed by atoms with Crippen LogP contribution in [0.4, 0.5) is 0 Å². The summed E-state index contributed by atoms with van der Waals surface area (Å²) in [6, 6.07) is 0. The lowest BCUT2D eigenvalue weighted by molar-refractivity contribution is -0.149. The molecule has 0 amide bonds. The largest absolute Gasteiger partial charge is 0.299 e. The lowest BCUT2D eigenvalue weighted by atomic mass is 9.49. The smallest absolute Gasteiger partial charge is 0.139 e. The highest BCUT2D eigenvalue weighted by Gasteiger charge is 2.53. The molecule has 0 aromatic heterocycles. The molecule has 78 valence electrons. The fourth-order valence-corrected chi connectivity index (χ4v) is 4.69. The lowest BCUT2D eigenvalue weighted by Crippen LogP contribution is -2.52. The molecular weight excluding hydrogens is 172 g/mol. The average Bonchev–Trinajstić information content (AvgIpc) is 2.12. The summed E-state index contributed by atoms with van der Waals surface area (Å²) in [7, 11) is 0. The number of carbonyl (C=O) groups excluding carboxylic acids is 1. The quantitative estimate of drug-likeness (QED) is 0.624. The van der Waals surface area contributed by atoms with E-state index in [2.05, 4.69) is 13.8 Å². The maximum Gasteiger partial charge on any atom is 0.139 e. The molecule has 0 heterocycles. The number of ketones is 1. The summed E-state index contributed by atoms with van der Waals surface area (Å²) in [4.78, 5) is 12.1. The van der Waals surface area contributed by atoms with Gasteiger partial charge in [0.2, 0.25) is 0 Å². The van der Waals surface area contributed by atoms with Gasteiger partial charge in [-0.3, -0.25) is 4.79 Å². The van der Waals surface area contributed by atoms with Gasteiger partial charge >= 0.3 is 0 Å². The molecule has 4 saturated carbocycles. The molecule has 0 aromatic rings. The van der Waals surface area contributed by atoms with Crippen molar-refractivity contribution in [3.8, 4) is 0 Å². The van der Waals surface area contributed by atoms with Crippen LogP contribution in [-0.4, -0.2) is 5.78 Å². The molecule has 4 aliphatic rings. The summed E-state index contributed by atoms with van der Waals surface area (Å²) in [5.41, 5.74) is 0. The van der Waals surface area contributed by atoms with Crippen LogP contribution in [0.3, 0.4) is 0 Å². The summed E-state index contributed by atoms with van der Waals surface area (Å²) < 4.78 is 0. The van der Waals surface area contributed by atoms with Gasteiger partial charge in [0.05, 0.1) is 0 Å². The van der Waals surface area contributed by atoms with E-state index in [1.165, 1.54) is 25.7 Å². The molecule has 5 atom stereocenters. The minimum absolute atomic E-state index is 0.464. The molecule has 4 rings (SSSR count). The average molecular weight is 192 g/mol. The Morgan fingerprint density at radius 3 is 2.64 bits per heavy atom. The van der Waals surface area contributed by atoms with Crippen LogP contribution in [0, 0.1) is 35.5 Å². The Hall–Kier alpha value is -0.330. The first kappa shape index (κ1) is 8.94. The van der Waals surface area contributed by atoms with Crippen molar-refractivity contribution in [2.45, 2.75) is 39.5 Å². The van der Waals surface area contributed by atoms with Crippen molar-refractivity contribution in [2.75, 3.05) is 0 Å². The number of carbonyl (C=O) groups is 1. The van der Waals surface area contributed by atoms with E-state index < -0.39 is 0 Å². The molecule has 14 heavy (non-hydrogen) atoms. The first-order valence-corrected chi connectivity index (χ1v) is 6.20. The first-order chi connectivity index (χ1) is 6.66. The van der Waals surface area contributed by atoms with Gasteiger partial charge < -0.3 is 0 Å². The summed E-state index contributed by atoms with van der Waals surface area (Å²) in [6.45, 7) is 4.61. The number of hydrogen-bond donors (Lipinski definition) is 0. The topological polar surface area (TPSA) is 17.1 Å². The maximum absolute atomic E-state index is 12.1. The summed E-state index contributed by atoms with van der Waals surface area (Å²) in [6.07, 6.45) is 5.13. The Morgan fingerprint density at radius 2 is 1.93 bits per heavy atom. The minimum Gasteiger partial charge on any atom is -0.299 e. The molecule has 4 aliphatic carbocycles. The Kier molecular flexibility index (Phi) is 1.81. The molecule has 4 fully saturated rings. The second-order valence-corrected chi connectivity index (χ2v) is 6.10. The molecule has 0 aromatic carbocycles. The van der Waals surface area contributed by atoms with Crippen LogP contribution >= 0.6 is 0 Å². The maximum atomic E-state index is 12.1. The van der Waals surface area contributed by atoms with E-state index in [4.69, 9.17) is 0 Å². The van der Waals surface area contributed by atoms with E-state index in [1.54, 1.807) is 0 Å². The Morgan fingerprint density at radius 1 is 1.14 bits per heavy atom. The van der Waals surface area contributed by atoms with Crippen molar-refractivity contribution < 1.29 is 4.79 Å². The predicted molar refractivity (Wildman–Crippen MR) is 55.8 cm³/mol. The molecule has 4 bridgehead atoms. The van der Waals surface area contributed by atoms with Crippen LogP contribution in [0.1, 0.15) is 39.5 Å². The second kappa shape index (κ2) is 2.84. The molecule has 1 nitrogen and oxygen atoms in total. The van der Waals surface area contributed by atoms with Gasteiger partial charge in [-0.25, -0.2) is 0 Å². The van der Waals surface area contributed by atoms with Crippen molar-refractivity contribution in [1.82, 2.24) is 0 Å². The normalized spacial score (nSPS) is 50.5. The molecular formula is C13H20O. The third kappa shape index (κ3) is 1.04. The van der Waals surface area contributed by atoms with Gasteiger partial charge in [-0.05, 0) is 49.4 Å².